The Hall–Kier alpha value is -2.40. The number of para-hydroxylation sites is 1. The summed E-state index contributed by atoms with van der Waals surface area (Å²) >= 11 is 1.66. The summed E-state index contributed by atoms with van der Waals surface area (Å²) in [4.78, 5) is 29.0. The van der Waals surface area contributed by atoms with Gasteiger partial charge in [0.25, 0.3) is 5.56 Å². The number of aromatic amines is 1. The molecule has 0 saturated heterocycles. The van der Waals surface area contributed by atoms with E-state index in [4.69, 9.17) is 0 Å². The molecule has 0 spiro atoms. The van der Waals surface area contributed by atoms with E-state index in [1.165, 1.54) is 4.88 Å². The quantitative estimate of drug-likeness (QED) is 0.648. The number of nitrogens with one attached hydrogen (secondary N) is 2. The number of H-pyrrole nitrogens is 1. The molecule has 4 nitrogen and oxygen atoms in total. The number of carbonyl (C=O) groups is 1. The molecule has 26 heavy (non-hydrogen) atoms. The van der Waals surface area contributed by atoms with Crippen LogP contribution >= 0.6 is 11.3 Å². The molecule has 136 valence electrons. The fourth-order valence-electron chi connectivity index (χ4n) is 3.37. The highest BCUT2D eigenvalue weighted by atomic mass is 32.1. The Morgan fingerprint density at radius 3 is 2.62 bits per heavy atom. The maximum atomic E-state index is 12.7. The number of benzene rings is 1. The minimum absolute atomic E-state index is 0.00274. The fourth-order valence-corrected chi connectivity index (χ4v) is 4.24. The lowest BCUT2D eigenvalue weighted by Gasteiger charge is -2.25. The zero-order chi connectivity index (χ0) is 18.5. The monoisotopic (exact) mass is 368 g/mol. The molecule has 1 atom stereocenters. The van der Waals surface area contributed by atoms with Gasteiger partial charge in [0, 0.05) is 16.0 Å². The van der Waals surface area contributed by atoms with Crippen molar-refractivity contribution in [1.29, 1.82) is 0 Å². The first-order valence-corrected chi connectivity index (χ1v) is 9.94. The van der Waals surface area contributed by atoms with Crippen molar-refractivity contribution in [3.63, 3.8) is 0 Å². The van der Waals surface area contributed by atoms with E-state index in [1.54, 1.807) is 11.3 Å². The van der Waals surface area contributed by atoms with Crippen LogP contribution in [0, 0.1) is 5.92 Å². The van der Waals surface area contributed by atoms with E-state index in [0.29, 0.717) is 11.5 Å². The largest absolute Gasteiger partial charge is 0.348 e. The molecule has 0 aliphatic rings. The first-order valence-electron chi connectivity index (χ1n) is 9.06. The van der Waals surface area contributed by atoms with Gasteiger partial charge in [-0.2, -0.15) is 0 Å². The number of amides is 1. The highest BCUT2D eigenvalue weighted by Gasteiger charge is 2.23. The van der Waals surface area contributed by atoms with Gasteiger partial charge in [0.2, 0.25) is 5.91 Å². The Kier molecular flexibility index (Phi) is 5.89. The predicted molar refractivity (Wildman–Crippen MR) is 108 cm³/mol. The number of fused-ring (bicyclic) bond motifs is 1. The van der Waals surface area contributed by atoms with Crippen LogP contribution in [-0.4, -0.2) is 10.9 Å². The van der Waals surface area contributed by atoms with E-state index in [9.17, 15) is 9.59 Å². The number of thiophene rings is 1. The van der Waals surface area contributed by atoms with E-state index in [0.717, 1.165) is 23.7 Å². The molecule has 2 heterocycles. The van der Waals surface area contributed by atoms with Gasteiger partial charge in [-0.15, -0.1) is 11.3 Å². The molecule has 3 rings (SSSR count). The molecule has 2 N–H and O–H groups in total. The number of hydrogen-bond acceptors (Lipinski definition) is 3. The van der Waals surface area contributed by atoms with Gasteiger partial charge in [0.05, 0.1) is 12.5 Å². The predicted octanol–water partition coefficient (Wildman–Crippen LogP) is 4.43. The number of hydrogen-bond donors (Lipinski definition) is 2. The second-order valence-corrected chi connectivity index (χ2v) is 7.50. The lowest BCUT2D eigenvalue weighted by atomic mass is 9.92. The van der Waals surface area contributed by atoms with Gasteiger partial charge >= 0.3 is 0 Å². The molecule has 0 unspecified atom stereocenters. The van der Waals surface area contributed by atoms with E-state index < -0.39 is 0 Å². The molecule has 5 heteroatoms. The summed E-state index contributed by atoms with van der Waals surface area (Å²) in [6.07, 6.45) is 2.08. The van der Waals surface area contributed by atoms with Gasteiger partial charge < -0.3 is 10.3 Å². The van der Waals surface area contributed by atoms with Crippen LogP contribution in [0.4, 0.5) is 0 Å². The average molecular weight is 369 g/mol. The molecule has 0 bridgehead atoms. The van der Waals surface area contributed by atoms with Crippen molar-refractivity contribution in [2.24, 2.45) is 5.92 Å². The highest BCUT2D eigenvalue weighted by Crippen LogP contribution is 2.30. The summed E-state index contributed by atoms with van der Waals surface area (Å²) in [6.45, 7) is 4.30. The Labute approximate surface area is 157 Å². The van der Waals surface area contributed by atoms with Crippen molar-refractivity contribution in [2.75, 3.05) is 0 Å². The molecule has 0 radical (unpaired) electrons. The van der Waals surface area contributed by atoms with Crippen LogP contribution in [0.25, 0.3) is 10.9 Å². The molecule has 0 aliphatic carbocycles. The van der Waals surface area contributed by atoms with Crippen LogP contribution in [0.2, 0.25) is 0 Å². The van der Waals surface area contributed by atoms with Gasteiger partial charge in [-0.25, -0.2) is 0 Å². The molecular formula is C21H24N2O2S. The van der Waals surface area contributed by atoms with Gasteiger partial charge in [-0.1, -0.05) is 51.0 Å². The third kappa shape index (κ3) is 4.05. The molecule has 2 aromatic heterocycles. The SMILES string of the molecule is CCC(CC)[C@H](NC(=O)Cc1cc2ccccc2[nH]c1=O)c1cccs1. The summed E-state index contributed by atoms with van der Waals surface area (Å²) in [5.41, 5.74) is 1.08. The molecule has 0 aliphatic heterocycles. The third-order valence-corrected chi connectivity index (χ3v) is 5.82. The maximum absolute atomic E-state index is 12.7. The fraction of sp³-hybridized carbons (Fsp3) is 0.333. The van der Waals surface area contributed by atoms with Crippen LogP contribution in [-0.2, 0) is 11.2 Å². The normalized spacial score (nSPS) is 12.4. The number of carbonyl (C=O) groups excluding carboxylic acids is 1. The first kappa shape index (κ1) is 18.4. The summed E-state index contributed by atoms with van der Waals surface area (Å²) in [5, 5.41) is 6.13. The van der Waals surface area contributed by atoms with Crippen LogP contribution in [0.3, 0.4) is 0 Å². The van der Waals surface area contributed by atoms with E-state index in [-0.39, 0.29) is 23.9 Å². The van der Waals surface area contributed by atoms with Crippen molar-refractivity contribution in [3.05, 3.63) is 68.6 Å². The van der Waals surface area contributed by atoms with Gasteiger partial charge in [0.1, 0.15) is 0 Å². The molecular weight excluding hydrogens is 344 g/mol. The first-order chi connectivity index (χ1) is 12.6. The molecule has 0 fully saturated rings. The Balaban J connectivity index is 1.80. The van der Waals surface area contributed by atoms with Gasteiger partial charge in [0.15, 0.2) is 0 Å². The molecule has 1 amide bonds. The zero-order valence-electron chi connectivity index (χ0n) is 15.1. The zero-order valence-corrected chi connectivity index (χ0v) is 15.9. The lowest BCUT2D eigenvalue weighted by Crippen LogP contribution is -2.34. The summed E-state index contributed by atoms with van der Waals surface area (Å²) in [6, 6.07) is 13.5. The second kappa shape index (κ2) is 8.32. The van der Waals surface area contributed by atoms with Crippen LogP contribution in [0.1, 0.15) is 43.2 Å². The van der Waals surface area contributed by atoms with Crippen LogP contribution < -0.4 is 10.9 Å². The van der Waals surface area contributed by atoms with E-state index >= 15 is 0 Å². The van der Waals surface area contributed by atoms with Crippen molar-refractivity contribution < 1.29 is 4.79 Å². The Bertz CT molecular complexity index is 927. The smallest absolute Gasteiger partial charge is 0.252 e. The highest BCUT2D eigenvalue weighted by molar-refractivity contribution is 7.10. The minimum atomic E-state index is -0.200. The topological polar surface area (TPSA) is 62.0 Å². The number of aromatic nitrogens is 1. The standard InChI is InChI=1S/C21H24N2O2S/c1-3-14(4-2)20(18-10-7-11-26-18)23-19(24)13-16-12-15-8-5-6-9-17(15)22-21(16)25/h5-12,14,20H,3-4,13H2,1-2H3,(H,22,25)(H,23,24)/t20-/m0/s1. The van der Waals surface area contributed by atoms with Crippen molar-refractivity contribution >= 4 is 28.1 Å². The Morgan fingerprint density at radius 2 is 1.92 bits per heavy atom. The summed E-state index contributed by atoms with van der Waals surface area (Å²) in [7, 11) is 0. The minimum Gasteiger partial charge on any atom is -0.348 e. The van der Waals surface area contributed by atoms with Crippen molar-refractivity contribution in [3.8, 4) is 0 Å². The van der Waals surface area contributed by atoms with Crippen LogP contribution in [0.5, 0.6) is 0 Å². The second-order valence-electron chi connectivity index (χ2n) is 6.52. The lowest BCUT2D eigenvalue weighted by molar-refractivity contribution is -0.121. The summed E-state index contributed by atoms with van der Waals surface area (Å²) < 4.78 is 0. The Morgan fingerprint density at radius 1 is 1.15 bits per heavy atom. The van der Waals surface area contributed by atoms with Gasteiger partial charge in [-0.3, -0.25) is 9.59 Å². The van der Waals surface area contributed by atoms with Crippen molar-refractivity contribution in [2.45, 2.75) is 39.2 Å². The van der Waals surface area contributed by atoms with Crippen LogP contribution in [0.15, 0.2) is 52.6 Å². The third-order valence-electron chi connectivity index (χ3n) is 4.87. The van der Waals surface area contributed by atoms with Crippen molar-refractivity contribution in [1.82, 2.24) is 10.3 Å². The number of pyridine rings is 1. The van der Waals surface area contributed by atoms with Gasteiger partial charge in [-0.05, 0) is 34.9 Å². The molecule has 3 aromatic rings. The van der Waals surface area contributed by atoms with E-state index in [1.807, 2.05) is 41.8 Å². The average Bonchev–Trinajstić information content (AvgIpc) is 3.17. The maximum Gasteiger partial charge on any atom is 0.252 e. The summed E-state index contributed by atoms with van der Waals surface area (Å²) in [5.74, 6) is 0.267. The molecule has 0 saturated carbocycles. The molecule has 1 aromatic carbocycles. The number of rotatable bonds is 7. The van der Waals surface area contributed by atoms with E-state index in [2.05, 4.69) is 30.2 Å².